The number of rotatable bonds is 6. The molecule has 1 aliphatic heterocycles. The maximum atomic E-state index is 12.2. The fraction of sp³-hybridized carbons (Fsp3) is 0.923. The van der Waals surface area contributed by atoms with Crippen molar-refractivity contribution in [1.82, 2.24) is 10.2 Å². The fourth-order valence-electron chi connectivity index (χ4n) is 2.82. The average Bonchev–Trinajstić information content (AvgIpc) is 3.06. The SMILES string of the molecule is CCCN1CCCC1C(=O)NC(CN)C1CC1.Cl.Cl. The third-order valence-electron chi connectivity index (χ3n) is 3.95. The molecule has 1 saturated carbocycles. The van der Waals surface area contributed by atoms with Crippen molar-refractivity contribution in [3.05, 3.63) is 0 Å². The van der Waals surface area contributed by atoms with Crippen molar-refractivity contribution in [1.29, 1.82) is 0 Å². The quantitative estimate of drug-likeness (QED) is 0.782. The molecule has 2 rings (SSSR count). The van der Waals surface area contributed by atoms with Gasteiger partial charge in [0.2, 0.25) is 5.91 Å². The topological polar surface area (TPSA) is 58.4 Å². The largest absolute Gasteiger partial charge is 0.350 e. The molecule has 0 bridgehead atoms. The Kier molecular flexibility index (Phi) is 8.99. The number of nitrogens with zero attached hydrogens (tertiary/aromatic N) is 1. The normalized spacial score (nSPS) is 24.2. The predicted molar refractivity (Wildman–Crippen MR) is 83.1 cm³/mol. The zero-order valence-electron chi connectivity index (χ0n) is 11.6. The van der Waals surface area contributed by atoms with E-state index in [2.05, 4.69) is 17.1 Å². The summed E-state index contributed by atoms with van der Waals surface area (Å²) in [5.41, 5.74) is 5.73. The predicted octanol–water partition coefficient (Wildman–Crippen LogP) is 1.56. The van der Waals surface area contributed by atoms with Crippen LogP contribution in [0, 0.1) is 5.92 Å². The molecule has 1 amide bonds. The van der Waals surface area contributed by atoms with Crippen LogP contribution in [0.15, 0.2) is 0 Å². The number of likely N-dealkylation sites (tertiary alicyclic amines) is 1. The van der Waals surface area contributed by atoms with Crippen LogP contribution in [0.1, 0.15) is 39.0 Å². The van der Waals surface area contributed by atoms with E-state index in [0.717, 1.165) is 32.4 Å². The van der Waals surface area contributed by atoms with Gasteiger partial charge in [-0.3, -0.25) is 9.69 Å². The molecule has 0 aromatic carbocycles. The average molecular weight is 312 g/mol. The molecule has 114 valence electrons. The van der Waals surface area contributed by atoms with Crippen LogP contribution in [0.25, 0.3) is 0 Å². The number of hydrogen-bond acceptors (Lipinski definition) is 3. The lowest BCUT2D eigenvalue weighted by atomic mass is 10.1. The van der Waals surface area contributed by atoms with E-state index in [-0.39, 0.29) is 42.8 Å². The van der Waals surface area contributed by atoms with Gasteiger partial charge < -0.3 is 11.1 Å². The highest BCUT2D eigenvalue weighted by atomic mass is 35.5. The monoisotopic (exact) mass is 311 g/mol. The number of amides is 1. The first kappa shape index (κ1) is 19.0. The van der Waals surface area contributed by atoms with Crippen LogP contribution in [-0.2, 0) is 4.79 Å². The van der Waals surface area contributed by atoms with Gasteiger partial charge in [0.15, 0.2) is 0 Å². The number of nitrogens with two attached hydrogens (primary N) is 1. The van der Waals surface area contributed by atoms with Gasteiger partial charge in [-0.1, -0.05) is 6.92 Å². The number of halogens is 2. The molecule has 1 aliphatic carbocycles. The molecule has 1 saturated heterocycles. The van der Waals surface area contributed by atoms with Crippen LogP contribution in [0.3, 0.4) is 0 Å². The van der Waals surface area contributed by atoms with Gasteiger partial charge in [-0.05, 0) is 51.1 Å². The smallest absolute Gasteiger partial charge is 0.237 e. The lowest BCUT2D eigenvalue weighted by Gasteiger charge is -2.25. The number of nitrogens with one attached hydrogen (secondary N) is 1. The van der Waals surface area contributed by atoms with E-state index in [1.165, 1.54) is 12.8 Å². The number of carbonyl (C=O) groups is 1. The summed E-state index contributed by atoms with van der Waals surface area (Å²) in [5, 5.41) is 3.15. The molecule has 2 unspecified atom stereocenters. The summed E-state index contributed by atoms with van der Waals surface area (Å²) in [6.45, 7) is 4.86. The number of hydrogen-bond donors (Lipinski definition) is 2. The highest BCUT2D eigenvalue weighted by Gasteiger charge is 2.35. The molecule has 0 spiro atoms. The Hall–Kier alpha value is -0.0300. The minimum Gasteiger partial charge on any atom is -0.350 e. The highest BCUT2D eigenvalue weighted by molar-refractivity contribution is 5.85. The molecule has 3 N–H and O–H groups in total. The van der Waals surface area contributed by atoms with Gasteiger partial charge in [-0.25, -0.2) is 0 Å². The Morgan fingerprint density at radius 1 is 1.37 bits per heavy atom. The van der Waals surface area contributed by atoms with Crippen LogP contribution in [0.2, 0.25) is 0 Å². The third kappa shape index (κ3) is 5.10. The van der Waals surface area contributed by atoms with Crippen LogP contribution < -0.4 is 11.1 Å². The Bertz CT molecular complexity index is 275. The number of carbonyl (C=O) groups excluding carboxylic acids is 1. The first-order chi connectivity index (χ1) is 8.26. The first-order valence-corrected chi connectivity index (χ1v) is 7.00. The molecule has 0 aromatic rings. The second kappa shape index (κ2) is 9.01. The van der Waals surface area contributed by atoms with Crippen molar-refractivity contribution < 1.29 is 4.79 Å². The molecule has 2 fully saturated rings. The fourth-order valence-corrected chi connectivity index (χ4v) is 2.82. The van der Waals surface area contributed by atoms with Crippen LogP contribution in [-0.4, -0.2) is 42.5 Å². The maximum Gasteiger partial charge on any atom is 0.237 e. The van der Waals surface area contributed by atoms with Crippen molar-refractivity contribution in [2.45, 2.75) is 51.1 Å². The van der Waals surface area contributed by atoms with Crippen LogP contribution in [0.4, 0.5) is 0 Å². The first-order valence-electron chi connectivity index (χ1n) is 7.00. The molecule has 1 heterocycles. The van der Waals surface area contributed by atoms with Gasteiger partial charge in [-0.15, -0.1) is 24.8 Å². The molecule has 6 heteroatoms. The summed E-state index contributed by atoms with van der Waals surface area (Å²) < 4.78 is 0. The summed E-state index contributed by atoms with van der Waals surface area (Å²) in [6, 6.07) is 0.314. The van der Waals surface area contributed by atoms with E-state index in [1.54, 1.807) is 0 Å². The van der Waals surface area contributed by atoms with Crippen molar-refractivity contribution >= 4 is 30.7 Å². The maximum absolute atomic E-state index is 12.2. The van der Waals surface area contributed by atoms with Crippen molar-refractivity contribution in [3.8, 4) is 0 Å². The van der Waals surface area contributed by atoms with Gasteiger partial charge in [-0.2, -0.15) is 0 Å². The van der Waals surface area contributed by atoms with E-state index in [4.69, 9.17) is 5.73 Å². The second-order valence-corrected chi connectivity index (χ2v) is 5.38. The lowest BCUT2D eigenvalue weighted by Crippen LogP contribution is -2.50. The summed E-state index contributed by atoms with van der Waals surface area (Å²) in [7, 11) is 0. The van der Waals surface area contributed by atoms with Crippen molar-refractivity contribution in [2.75, 3.05) is 19.6 Å². The van der Waals surface area contributed by atoms with E-state index >= 15 is 0 Å². The molecule has 2 atom stereocenters. The minimum atomic E-state index is 0. The van der Waals surface area contributed by atoms with Crippen LogP contribution in [0.5, 0.6) is 0 Å². The van der Waals surface area contributed by atoms with Gasteiger partial charge in [0.1, 0.15) is 0 Å². The zero-order chi connectivity index (χ0) is 12.3. The Balaban J connectivity index is 0.00000162. The molecule has 19 heavy (non-hydrogen) atoms. The Morgan fingerprint density at radius 3 is 2.58 bits per heavy atom. The second-order valence-electron chi connectivity index (χ2n) is 5.38. The summed E-state index contributed by atoms with van der Waals surface area (Å²) in [6.07, 6.45) is 5.73. The molecule has 4 nitrogen and oxygen atoms in total. The molecular formula is C13H27Cl2N3O. The molecule has 0 aromatic heterocycles. The highest BCUT2D eigenvalue weighted by Crippen LogP contribution is 2.32. The van der Waals surface area contributed by atoms with Crippen molar-refractivity contribution in [3.63, 3.8) is 0 Å². The van der Waals surface area contributed by atoms with E-state index in [1.807, 2.05) is 0 Å². The van der Waals surface area contributed by atoms with E-state index in [9.17, 15) is 4.79 Å². The van der Waals surface area contributed by atoms with Gasteiger partial charge >= 0.3 is 0 Å². The molecular weight excluding hydrogens is 285 g/mol. The minimum absolute atomic E-state index is 0. The summed E-state index contributed by atoms with van der Waals surface area (Å²) >= 11 is 0. The molecule has 2 aliphatic rings. The lowest BCUT2D eigenvalue weighted by molar-refractivity contribution is -0.126. The van der Waals surface area contributed by atoms with E-state index in [0.29, 0.717) is 12.5 Å². The summed E-state index contributed by atoms with van der Waals surface area (Å²) in [4.78, 5) is 14.5. The Labute approximate surface area is 128 Å². The molecule has 0 radical (unpaired) electrons. The van der Waals surface area contributed by atoms with Crippen LogP contribution >= 0.6 is 24.8 Å². The van der Waals surface area contributed by atoms with E-state index < -0.39 is 0 Å². The van der Waals surface area contributed by atoms with Gasteiger partial charge in [0.25, 0.3) is 0 Å². The zero-order valence-corrected chi connectivity index (χ0v) is 13.3. The summed E-state index contributed by atoms with van der Waals surface area (Å²) in [5.74, 6) is 0.850. The Morgan fingerprint density at radius 2 is 2.05 bits per heavy atom. The standard InChI is InChI=1S/C13H25N3O.2ClH/c1-2-7-16-8-3-4-12(16)13(17)15-11(9-14)10-5-6-10;;/h10-12H,2-9,14H2,1H3,(H,15,17);2*1H. The third-order valence-corrected chi connectivity index (χ3v) is 3.95. The van der Waals surface area contributed by atoms with Gasteiger partial charge in [0.05, 0.1) is 6.04 Å². The van der Waals surface area contributed by atoms with Gasteiger partial charge in [0, 0.05) is 12.6 Å². The van der Waals surface area contributed by atoms with Crippen molar-refractivity contribution in [2.24, 2.45) is 11.7 Å².